The molecule has 31 heavy (non-hydrogen) atoms. The first-order valence-corrected chi connectivity index (χ1v) is 9.48. The van der Waals surface area contributed by atoms with E-state index < -0.39 is 0 Å². The second-order valence-electron chi connectivity index (χ2n) is 6.67. The number of rotatable bonds is 8. The Balaban J connectivity index is 0.00000480. The van der Waals surface area contributed by atoms with Gasteiger partial charge in [-0.2, -0.15) is 0 Å². The highest BCUT2D eigenvalue weighted by molar-refractivity contribution is 14.0. The third-order valence-electron chi connectivity index (χ3n) is 4.52. The molecule has 0 bridgehead atoms. The van der Waals surface area contributed by atoms with Crippen LogP contribution < -0.4 is 24.8 Å². The summed E-state index contributed by atoms with van der Waals surface area (Å²) in [6, 6.07) is 11.3. The van der Waals surface area contributed by atoms with Gasteiger partial charge in [0.1, 0.15) is 0 Å². The van der Waals surface area contributed by atoms with E-state index in [2.05, 4.69) is 15.6 Å². The normalized spacial score (nSPS) is 10.6. The van der Waals surface area contributed by atoms with E-state index in [1.165, 1.54) is 0 Å². The van der Waals surface area contributed by atoms with Crippen molar-refractivity contribution in [2.45, 2.75) is 13.1 Å². The van der Waals surface area contributed by atoms with Gasteiger partial charge in [0.25, 0.3) is 5.91 Å². The number of amides is 1. The summed E-state index contributed by atoms with van der Waals surface area (Å²) >= 11 is 0. The predicted molar refractivity (Wildman–Crippen MR) is 133 cm³/mol. The SMILES string of the molecule is CN=C(NCc1ccc(C(=O)N(C)C)cc1)NCc1ccc(OC)c(OC)c1OC.I. The number of carbonyl (C=O) groups is 1. The Morgan fingerprint density at radius 3 is 2.03 bits per heavy atom. The first-order chi connectivity index (χ1) is 14.4. The fourth-order valence-electron chi connectivity index (χ4n) is 2.91. The van der Waals surface area contributed by atoms with Crippen LogP contribution in [0.1, 0.15) is 21.5 Å². The number of benzene rings is 2. The van der Waals surface area contributed by atoms with Crippen LogP contribution in [0.2, 0.25) is 0 Å². The number of hydrogen-bond donors (Lipinski definition) is 2. The molecule has 2 aromatic rings. The van der Waals surface area contributed by atoms with Gasteiger partial charge in [-0.1, -0.05) is 12.1 Å². The van der Waals surface area contributed by atoms with E-state index in [0.717, 1.165) is 11.1 Å². The number of methoxy groups -OCH3 is 3. The molecular weight excluding hydrogens is 511 g/mol. The molecule has 2 rings (SSSR count). The summed E-state index contributed by atoms with van der Waals surface area (Å²) in [5.74, 6) is 2.39. The molecule has 0 aliphatic heterocycles. The molecule has 170 valence electrons. The first-order valence-electron chi connectivity index (χ1n) is 9.48. The number of ether oxygens (including phenoxy) is 3. The smallest absolute Gasteiger partial charge is 0.253 e. The van der Waals surface area contributed by atoms with E-state index in [4.69, 9.17) is 14.2 Å². The molecule has 0 aromatic heterocycles. The van der Waals surface area contributed by atoms with Crippen LogP contribution in [0.5, 0.6) is 17.2 Å². The minimum absolute atomic E-state index is 0. The molecule has 0 spiro atoms. The highest BCUT2D eigenvalue weighted by atomic mass is 127. The lowest BCUT2D eigenvalue weighted by molar-refractivity contribution is 0.0827. The molecule has 0 unspecified atom stereocenters. The Morgan fingerprint density at radius 1 is 0.903 bits per heavy atom. The van der Waals surface area contributed by atoms with Crippen molar-refractivity contribution in [3.63, 3.8) is 0 Å². The van der Waals surface area contributed by atoms with Crippen molar-refractivity contribution in [2.24, 2.45) is 4.99 Å². The van der Waals surface area contributed by atoms with E-state index in [1.54, 1.807) is 47.4 Å². The van der Waals surface area contributed by atoms with Crippen molar-refractivity contribution in [2.75, 3.05) is 42.5 Å². The lowest BCUT2D eigenvalue weighted by Crippen LogP contribution is -2.36. The van der Waals surface area contributed by atoms with Crippen LogP contribution in [-0.4, -0.2) is 59.2 Å². The maximum Gasteiger partial charge on any atom is 0.253 e. The van der Waals surface area contributed by atoms with E-state index in [1.807, 2.05) is 36.4 Å². The second-order valence-corrected chi connectivity index (χ2v) is 6.67. The third kappa shape index (κ3) is 6.91. The third-order valence-corrected chi connectivity index (χ3v) is 4.52. The number of carbonyl (C=O) groups excluding carboxylic acids is 1. The van der Waals surface area contributed by atoms with Crippen molar-refractivity contribution in [1.82, 2.24) is 15.5 Å². The zero-order valence-corrected chi connectivity index (χ0v) is 21.1. The van der Waals surface area contributed by atoms with Gasteiger partial charge in [0.05, 0.1) is 21.3 Å². The zero-order valence-electron chi connectivity index (χ0n) is 18.8. The van der Waals surface area contributed by atoms with Gasteiger partial charge in [0, 0.05) is 45.4 Å². The van der Waals surface area contributed by atoms with Crippen LogP contribution in [0.3, 0.4) is 0 Å². The highest BCUT2D eigenvalue weighted by Gasteiger charge is 2.16. The maximum atomic E-state index is 12.0. The van der Waals surface area contributed by atoms with E-state index in [9.17, 15) is 4.79 Å². The molecule has 1 amide bonds. The van der Waals surface area contributed by atoms with Crippen LogP contribution in [0.25, 0.3) is 0 Å². The number of hydrogen-bond acceptors (Lipinski definition) is 5. The van der Waals surface area contributed by atoms with Crippen molar-refractivity contribution in [3.05, 3.63) is 53.1 Å². The fourth-order valence-corrected chi connectivity index (χ4v) is 2.91. The van der Waals surface area contributed by atoms with Crippen molar-refractivity contribution in [1.29, 1.82) is 0 Å². The fraction of sp³-hybridized carbons (Fsp3) is 0.364. The second kappa shape index (κ2) is 12.9. The zero-order chi connectivity index (χ0) is 22.1. The number of guanidine groups is 1. The molecular formula is C22H31IN4O4. The summed E-state index contributed by atoms with van der Waals surface area (Å²) in [6.07, 6.45) is 0. The van der Waals surface area contributed by atoms with Gasteiger partial charge < -0.3 is 29.7 Å². The maximum absolute atomic E-state index is 12.0. The van der Waals surface area contributed by atoms with Crippen molar-refractivity contribution in [3.8, 4) is 17.2 Å². The van der Waals surface area contributed by atoms with Gasteiger partial charge in [0.2, 0.25) is 5.75 Å². The van der Waals surface area contributed by atoms with Gasteiger partial charge in [-0.3, -0.25) is 9.79 Å². The van der Waals surface area contributed by atoms with Gasteiger partial charge in [-0.15, -0.1) is 24.0 Å². The average molecular weight is 542 g/mol. The quantitative estimate of drug-likeness (QED) is 0.303. The highest BCUT2D eigenvalue weighted by Crippen LogP contribution is 2.39. The summed E-state index contributed by atoms with van der Waals surface area (Å²) in [5.41, 5.74) is 2.61. The summed E-state index contributed by atoms with van der Waals surface area (Å²) in [7, 11) is 9.94. The molecule has 2 N–H and O–H groups in total. The summed E-state index contributed by atoms with van der Waals surface area (Å²) in [6.45, 7) is 1.05. The topological polar surface area (TPSA) is 84.4 Å². The Labute approximate surface area is 201 Å². The molecule has 2 aromatic carbocycles. The monoisotopic (exact) mass is 542 g/mol. The molecule has 8 nitrogen and oxygen atoms in total. The molecule has 0 aliphatic rings. The summed E-state index contributed by atoms with van der Waals surface area (Å²) in [4.78, 5) is 17.8. The molecule has 0 atom stereocenters. The molecule has 0 saturated heterocycles. The first kappa shape index (κ1) is 26.3. The molecule has 0 radical (unpaired) electrons. The number of nitrogens with one attached hydrogen (secondary N) is 2. The number of halogens is 1. The van der Waals surface area contributed by atoms with Crippen LogP contribution >= 0.6 is 24.0 Å². The molecule has 0 saturated carbocycles. The van der Waals surface area contributed by atoms with Gasteiger partial charge in [0.15, 0.2) is 17.5 Å². The summed E-state index contributed by atoms with van der Waals surface area (Å²) in [5, 5.41) is 6.53. The standard InChI is InChI=1S/C22H30N4O4.HI/c1-23-22(24-13-15-7-9-16(10-8-15)21(27)26(2)3)25-14-17-11-12-18(28-4)20(30-6)19(17)29-5;/h7-12H,13-14H2,1-6H3,(H2,23,24,25);1H. The van der Waals surface area contributed by atoms with E-state index in [-0.39, 0.29) is 29.9 Å². The van der Waals surface area contributed by atoms with Crippen LogP contribution in [0, 0.1) is 0 Å². The average Bonchev–Trinajstić information content (AvgIpc) is 2.78. The van der Waals surface area contributed by atoms with E-state index in [0.29, 0.717) is 41.9 Å². The number of aliphatic imine (C=N–C) groups is 1. The predicted octanol–water partition coefficient (Wildman–Crippen LogP) is 2.90. The summed E-state index contributed by atoms with van der Waals surface area (Å²) < 4.78 is 16.3. The largest absolute Gasteiger partial charge is 0.493 e. The lowest BCUT2D eigenvalue weighted by atomic mass is 10.1. The van der Waals surface area contributed by atoms with Crippen LogP contribution in [0.15, 0.2) is 41.4 Å². The molecule has 0 aliphatic carbocycles. The van der Waals surface area contributed by atoms with Gasteiger partial charge in [-0.25, -0.2) is 0 Å². The lowest BCUT2D eigenvalue weighted by Gasteiger charge is -2.17. The minimum atomic E-state index is -0.0177. The molecule has 9 heteroatoms. The number of nitrogens with zero attached hydrogens (tertiary/aromatic N) is 2. The Bertz CT molecular complexity index is 886. The van der Waals surface area contributed by atoms with Crippen molar-refractivity contribution >= 4 is 35.8 Å². The Morgan fingerprint density at radius 2 is 1.52 bits per heavy atom. The van der Waals surface area contributed by atoms with Gasteiger partial charge in [-0.05, 0) is 29.8 Å². The van der Waals surface area contributed by atoms with Crippen LogP contribution in [-0.2, 0) is 13.1 Å². The van der Waals surface area contributed by atoms with E-state index >= 15 is 0 Å². The Kier molecular flexibility index (Phi) is 10.9. The van der Waals surface area contributed by atoms with Gasteiger partial charge >= 0.3 is 0 Å². The Hall–Kier alpha value is -2.69. The van der Waals surface area contributed by atoms with Crippen molar-refractivity contribution < 1.29 is 19.0 Å². The molecule has 0 heterocycles. The van der Waals surface area contributed by atoms with Crippen LogP contribution in [0.4, 0.5) is 0 Å². The minimum Gasteiger partial charge on any atom is -0.493 e. The molecule has 0 fully saturated rings.